The normalized spacial score (nSPS) is 12.1. The Labute approximate surface area is 178 Å². The van der Waals surface area contributed by atoms with Crippen LogP contribution >= 0.6 is 34.9 Å². The van der Waals surface area contributed by atoms with Crippen LogP contribution in [0.4, 0.5) is 0 Å². The first-order chi connectivity index (χ1) is 13.5. The van der Waals surface area contributed by atoms with Crippen molar-refractivity contribution >= 4 is 51.0 Å². The van der Waals surface area contributed by atoms with Crippen molar-refractivity contribution in [3.05, 3.63) is 52.8 Å². The minimum absolute atomic E-state index is 0.211. The number of methoxy groups -OCH3 is 1. The van der Waals surface area contributed by atoms with Crippen LogP contribution in [0, 0.1) is 0 Å². The molecule has 3 aromatic rings. The molecule has 0 aliphatic rings. The molecule has 0 atom stereocenters. The van der Waals surface area contributed by atoms with Crippen LogP contribution in [-0.4, -0.2) is 34.8 Å². The number of rotatable bonds is 7. The first-order valence-corrected chi connectivity index (χ1v) is 12.1. The average Bonchev–Trinajstić information content (AvgIpc) is 3.02. The van der Waals surface area contributed by atoms with Gasteiger partial charge in [0, 0.05) is 34.1 Å². The maximum Gasteiger partial charge on any atom is 0.279 e. The van der Waals surface area contributed by atoms with Gasteiger partial charge in [-0.25, -0.2) is 0 Å². The molecule has 0 bridgehead atoms. The lowest BCUT2D eigenvalue weighted by Gasteiger charge is -2.06. The summed E-state index contributed by atoms with van der Waals surface area (Å²) in [6, 6.07) is 13.7. The van der Waals surface area contributed by atoms with Gasteiger partial charge in [0.25, 0.3) is 5.91 Å². The number of hydrogen-bond acceptors (Lipinski definition) is 5. The summed E-state index contributed by atoms with van der Waals surface area (Å²) >= 11 is 5.09. The number of nitrogens with zero attached hydrogens (tertiary/aromatic N) is 2. The van der Waals surface area contributed by atoms with Crippen LogP contribution in [0.5, 0.6) is 5.75 Å². The molecule has 0 N–H and O–H groups in total. The molecule has 0 fully saturated rings. The Bertz CT molecular complexity index is 1020. The number of carbonyl (C=O) groups is 1. The van der Waals surface area contributed by atoms with E-state index in [4.69, 9.17) is 4.74 Å². The molecule has 0 radical (unpaired) electrons. The highest BCUT2D eigenvalue weighted by Crippen LogP contribution is 2.24. The first kappa shape index (κ1) is 21.0. The van der Waals surface area contributed by atoms with Crippen LogP contribution in [-0.2, 0) is 6.54 Å². The molecule has 2 aromatic carbocycles. The summed E-state index contributed by atoms with van der Waals surface area (Å²) < 4.78 is 8.57. The van der Waals surface area contributed by atoms with Crippen LogP contribution in [0.1, 0.15) is 24.2 Å². The van der Waals surface area contributed by atoms with Crippen LogP contribution in [0.2, 0.25) is 0 Å². The maximum atomic E-state index is 12.8. The van der Waals surface area contributed by atoms with E-state index in [2.05, 4.69) is 29.7 Å². The van der Waals surface area contributed by atoms with Gasteiger partial charge in [-0.15, -0.1) is 11.8 Å². The van der Waals surface area contributed by atoms with Crippen molar-refractivity contribution in [2.75, 3.05) is 19.1 Å². The van der Waals surface area contributed by atoms with Gasteiger partial charge in [0.15, 0.2) is 4.80 Å². The van der Waals surface area contributed by atoms with Crippen LogP contribution < -0.4 is 9.54 Å². The average molecular weight is 433 g/mol. The number of carbonyl (C=O) groups excluding carboxylic acids is 1. The molecule has 28 heavy (non-hydrogen) atoms. The molecule has 0 aliphatic carbocycles. The monoisotopic (exact) mass is 432 g/mol. The largest absolute Gasteiger partial charge is 0.497 e. The van der Waals surface area contributed by atoms with Crippen LogP contribution in [0.3, 0.4) is 0 Å². The summed E-state index contributed by atoms with van der Waals surface area (Å²) in [5.41, 5.74) is 1.66. The van der Waals surface area contributed by atoms with Crippen molar-refractivity contribution in [3.8, 4) is 5.75 Å². The molecule has 7 heteroatoms. The molecule has 1 heterocycles. The highest BCUT2D eigenvalue weighted by Gasteiger charge is 2.11. The van der Waals surface area contributed by atoms with Crippen molar-refractivity contribution in [1.82, 2.24) is 4.57 Å². The van der Waals surface area contributed by atoms with Gasteiger partial charge in [-0.3, -0.25) is 4.79 Å². The third-order valence-electron chi connectivity index (χ3n) is 4.08. The molecule has 148 valence electrons. The predicted molar refractivity (Wildman–Crippen MR) is 122 cm³/mol. The number of benzene rings is 2. The molecule has 3 rings (SSSR count). The second-order valence-corrected chi connectivity index (χ2v) is 10.1. The number of ether oxygens (including phenoxy) is 1. The zero-order valence-electron chi connectivity index (χ0n) is 16.5. The van der Waals surface area contributed by atoms with Crippen molar-refractivity contribution in [3.63, 3.8) is 0 Å². The number of fused-ring (bicyclic) bond motifs is 1. The maximum absolute atomic E-state index is 12.8. The lowest BCUT2D eigenvalue weighted by molar-refractivity contribution is 0.0998. The highest BCUT2D eigenvalue weighted by molar-refractivity contribution is 7.99. The van der Waals surface area contributed by atoms with E-state index in [-0.39, 0.29) is 5.91 Å². The minimum atomic E-state index is -0.211. The van der Waals surface area contributed by atoms with E-state index in [0.717, 1.165) is 38.0 Å². The highest BCUT2D eigenvalue weighted by atomic mass is 32.2. The molecule has 0 spiro atoms. The standard InChI is InChI=1S/C21H24N2O2S3/c1-14(2)27-17-8-5-15(6-9-17)20(24)22-21-23(11-12-26-4)18-13-16(25-3)7-10-19(18)28-21/h5-10,13-14H,11-12H2,1-4H3. The molecule has 1 aromatic heterocycles. The fraction of sp³-hybridized carbons (Fsp3) is 0.333. The van der Waals surface area contributed by atoms with Crippen LogP contribution in [0.15, 0.2) is 52.4 Å². The second kappa shape index (κ2) is 9.67. The molecule has 0 aliphatic heterocycles. The molecular weight excluding hydrogens is 408 g/mol. The SMILES string of the molecule is COc1ccc2sc(=NC(=O)c3ccc(SC(C)C)cc3)n(CCSC)c2c1. The Hall–Kier alpha value is -1.70. The Morgan fingerprint density at radius 1 is 1.21 bits per heavy atom. The first-order valence-electron chi connectivity index (χ1n) is 9.04. The van der Waals surface area contributed by atoms with Crippen molar-refractivity contribution in [2.45, 2.75) is 30.5 Å². The number of thiazole rings is 1. The van der Waals surface area contributed by atoms with Gasteiger partial charge < -0.3 is 9.30 Å². The van der Waals surface area contributed by atoms with Crippen molar-refractivity contribution in [2.24, 2.45) is 4.99 Å². The smallest absolute Gasteiger partial charge is 0.279 e. The lowest BCUT2D eigenvalue weighted by Crippen LogP contribution is -2.18. The van der Waals surface area contributed by atoms with E-state index in [1.807, 2.05) is 42.5 Å². The van der Waals surface area contributed by atoms with E-state index in [9.17, 15) is 4.79 Å². The van der Waals surface area contributed by atoms with E-state index >= 15 is 0 Å². The fourth-order valence-electron chi connectivity index (χ4n) is 2.76. The van der Waals surface area contributed by atoms with Gasteiger partial charge in [0.05, 0.1) is 17.3 Å². The van der Waals surface area contributed by atoms with Gasteiger partial charge in [0.1, 0.15) is 5.75 Å². The molecular formula is C21H24N2O2S3. The van der Waals surface area contributed by atoms with E-state index in [0.29, 0.717) is 10.8 Å². The predicted octanol–water partition coefficient (Wildman–Crippen LogP) is 5.32. The Kier molecular flexibility index (Phi) is 7.26. The van der Waals surface area contributed by atoms with Crippen molar-refractivity contribution < 1.29 is 9.53 Å². The Balaban J connectivity index is 1.98. The number of hydrogen-bond donors (Lipinski definition) is 0. The summed E-state index contributed by atoms with van der Waals surface area (Å²) in [5, 5.41) is 0.511. The van der Waals surface area contributed by atoms with E-state index < -0.39 is 0 Å². The lowest BCUT2D eigenvalue weighted by atomic mass is 10.2. The summed E-state index contributed by atoms with van der Waals surface area (Å²) in [7, 11) is 1.66. The Morgan fingerprint density at radius 2 is 1.96 bits per heavy atom. The number of amides is 1. The zero-order valence-corrected chi connectivity index (χ0v) is 18.9. The summed E-state index contributed by atoms with van der Waals surface area (Å²) in [5.74, 6) is 1.54. The van der Waals surface area contributed by atoms with Gasteiger partial charge in [0.2, 0.25) is 0 Å². The Morgan fingerprint density at radius 3 is 2.61 bits per heavy atom. The van der Waals surface area contributed by atoms with Crippen molar-refractivity contribution in [1.29, 1.82) is 0 Å². The van der Waals surface area contributed by atoms with Gasteiger partial charge in [-0.05, 0) is 42.7 Å². The zero-order chi connectivity index (χ0) is 20.1. The third kappa shape index (κ3) is 5.01. The molecule has 1 amide bonds. The molecule has 0 saturated heterocycles. The molecule has 4 nitrogen and oxygen atoms in total. The topological polar surface area (TPSA) is 43.6 Å². The van der Waals surface area contributed by atoms with E-state index in [1.165, 1.54) is 11.3 Å². The van der Waals surface area contributed by atoms with E-state index in [1.54, 1.807) is 30.6 Å². The van der Waals surface area contributed by atoms with Gasteiger partial charge in [-0.2, -0.15) is 16.8 Å². The summed E-state index contributed by atoms with van der Waals surface area (Å²) in [6.07, 6.45) is 2.08. The number of aromatic nitrogens is 1. The summed E-state index contributed by atoms with van der Waals surface area (Å²) in [6.45, 7) is 5.11. The number of thioether (sulfide) groups is 2. The molecule has 0 saturated carbocycles. The van der Waals surface area contributed by atoms with Gasteiger partial charge in [-0.1, -0.05) is 25.2 Å². The number of aryl methyl sites for hydroxylation is 1. The quantitative estimate of drug-likeness (QED) is 0.474. The van der Waals surface area contributed by atoms with Crippen LogP contribution in [0.25, 0.3) is 10.2 Å². The fourth-order valence-corrected chi connectivity index (χ4v) is 5.00. The second-order valence-electron chi connectivity index (χ2n) is 6.47. The summed E-state index contributed by atoms with van der Waals surface area (Å²) in [4.78, 5) is 19.1. The molecule has 0 unspecified atom stereocenters. The third-order valence-corrected chi connectivity index (χ3v) is 6.74. The van der Waals surface area contributed by atoms with Gasteiger partial charge >= 0.3 is 0 Å². The minimum Gasteiger partial charge on any atom is -0.497 e.